The SMILES string of the molecule is N=C(N)c1cc(F)ccc1CN1CCCC1. The van der Waals surface area contributed by atoms with Gasteiger partial charge in [-0.1, -0.05) is 6.07 Å². The van der Waals surface area contributed by atoms with E-state index < -0.39 is 0 Å². The Kier molecular flexibility index (Phi) is 3.19. The molecule has 0 radical (unpaired) electrons. The Morgan fingerprint density at radius 2 is 2.06 bits per heavy atom. The number of nitrogen functional groups attached to an aromatic ring is 1. The van der Waals surface area contributed by atoms with Crippen LogP contribution < -0.4 is 5.73 Å². The Balaban J connectivity index is 2.21. The molecule has 0 saturated carbocycles. The largest absolute Gasteiger partial charge is 0.384 e. The number of likely N-dealkylation sites (tertiary alicyclic amines) is 1. The standard InChI is InChI=1S/C12H16FN3/c13-10-4-3-9(11(7-10)12(14)15)8-16-5-1-2-6-16/h3-4,7H,1-2,5-6,8H2,(H3,14,15). The minimum absolute atomic E-state index is 0.0614. The van der Waals surface area contributed by atoms with Crippen LogP contribution in [-0.2, 0) is 6.54 Å². The Morgan fingerprint density at radius 1 is 1.38 bits per heavy atom. The summed E-state index contributed by atoms with van der Waals surface area (Å²) < 4.78 is 13.1. The van der Waals surface area contributed by atoms with E-state index in [2.05, 4.69) is 4.90 Å². The highest BCUT2D eigenvalue weighted by atomic mass is 19.1. The zero-order valence-corrected chi connectivity index (χ0v) is 9.17. The van der Waals surface area contributed by atoms with Gasteiger partial charge in [-0.05, 0) is 43.6 Å². The van der Waals surface area contributed by atoms with Gasteiger partial charge >= 0.3 is 0 Å². The van der Waals surface area contributed by atoms with Crippen molar-refractivity contribution in [3.63, 3.8) is 0 Å². The normalized spacial score (nSPS) is 16.6. The maximum Gasteiger partial charge on any atom is 0.123 e. The van der Waals surface area contributed by atoms with Crippen molar-refractivity contribution in [1.29, 1.82) is 5.41 Å². The second-order valence-corrected chi connectivity index (χ2v) is 4.20. The Hall–Kier alpha value is -1.42. The summed E-state index contributed by atoms with van der Waals surface area (Å²) in [5.41, 5.74) is 6.92. The molecular weight excluding hydrogens is 205 g/mol. The van der Waals surface area contributed by atoms with Crippen LogP contribution in [0.5, 0.6) is 0 Å². The van der Waals surface area contributed by atoms with Gasteiger partial charge in [0.1, 0.15) is 11.7 Å². The van der Waals surface area contributed by atoms with E-state index in [1.807, 2.05) is 0 Å². The second kappa shape index (κ2) is 4.61. The zero-order valence-electron chi connectivity index (χ0n) is 9.17. The fourth-order valence-corrected chi connectivity index (χ4v) is 2.12. The highest BCUT2D eigenvalue weighted by Crippen LogP contribution is 2.16. The van der Waals surface area contributed by atoms with Gasteiger partial charge in [0, 0.05) is 12.1 Å². The van der Waals surface area contributed by atoms with Crippen LogP contribution in [0.3, 0.4) is 0 Å². The summed E-state index contributed by atoms with van der Waals surface area (Å²) in [6, 6.07) is 4.50. The minimum Gasteiger partial charge on any atom is -0.384 e. The van der Waals surface area contributed by atoms with Crippen molar-refractivity contribution in [2.24, 2.45) is 5.73 Å². The lowest BCUT2D eigenvalue weighted by Gasteiger charge is -2.17. The molecule has 1 aromatic carbocycles. The number of hydrogen-bond donors (Lipinski definition) is 2. The minimum atomic E-state index is -0.338. The van der Waals surface area contributed by atoms with Crippen LogP contribution in [0.25, 0.3) is 0 Å². The van der Waals surface area contributed by atoms with Gasteiger partial charge in [-0.15, -0.1) is 0 Å². The number of benzene rings is 1. The summed E-state index contributed by atoms with van der Waals surface area (Å²) in [6.45, 7) is 2.92. The van der Waals surface area contributed by atoms with Gasteiger partial charge in [-0.2, -0.15) is 0 Å². The number of nitrogens with one attached hydrogen (secondary N) is 1. The van der Waals surface area contributed by atoms with E-state index in [1.165, 1.54) is 25.0 Å². The molecule has 0 amide bonds. The monoisotopic (exact) mass is 221 g/mol. The van der Waals surface area contributed by atoms with E-state index in [4.69, 9.17) is 11.1 Å². The number of amidine groups is 1. The van der Waals surface area contributed by atoms with Crippen molar-refractivity contribution >= 4 is 5.84 Å². The molecule has 1 saturated heterocycles. The fourth-order valence-electron chi connectivity index (χ4n) is 2.12. The number of nitrogens with zero attached hydrogens (tertiary/aromatic N) is 1. The molecule has 1 heterocycles. The first-order valence-electron chi connectivity index (χ1n) is 5.52. The average Bonchev–Trinajstić information content (AvgIpc) is 2.73. The van der Waals surface area contributed by atoms with Crippen LogP contribution in [-0.4, -0.2) is 23.8 Å². The van der Waals surface area contributed by atoms with Crippen LogP contribution in [0.15, 0.2) is 18.2 Å². The lowest BCUT2D eigenvalue weighted by atomic mass is 10.1. The molecule has 3 nitrogen and oxygen atoms in total. The van der Waals surface area contributed by atoms with Crippen molar-refractivity contribution in [2.45, 2.75) is 19.4 Å². The molecule has 1 aromatic rings. The Labute approximate surface area is 94.6 Å². The lowest BCUT2D eigenvalue weighted by molar-refractivity contribution is 0.331. The molecule has 0 unspecified atom stereocenters. The molecule has 0 aliphatic carbocycles. The van der Waals surface area contributed by atoms with Crippen molar-refractivity contribution in [1.82, 2.24) is 4.90 Å². The van der Waals surface area contributed by atoms with Crippen molar-refractivity contribution in [3.05, 3.63) is 35.1 Å². The van der Waals surface area contributed by atoms with Crippen molar-refractivity contribution in [3.8, 4) is 0 Å². The first-order valence-corrected chi connectivity index (χ1v) is 5.52. The maximum atomic E-state index is 13.1. The third-order valence-electron chi connectivity index (χ3n) is 2.95. The summed E-state index contributed by atoms with van der Waals surface area (Å²) >= 11 is 0. The van der Waals surface area contributed by atoms with E-state index in [-0.39, 0.29) is 11.7 Å². The quantitative estimate of drug-likeness (QED) is 0.603. The highest BCUT2D eigenvalue weighted by Gasteiger charge is 2.14. The van der Waals surface area contributed by atoms with Crippen LogP contribution in [0.2, 0.25) is 0 Å². The molecule has 4 heteroatoms. The predicted octanol–water partition coefficient (Wildman–Crippen LogP) is 1.71. The van der Waals surface area contributed by atoms with Gasteiger partial charge in [0.05, 0.1) is 0 Å². The molecule has 2 rings (SSSR count). The molecule has 3 N–H and O–H groups in total. The Morgan fingerprint density at radius 3 is 2.69 bits per heavy atom. The second-order valence-electron chi connectivity index (χ2n) is 4.20. The summed E-state index contributed by atoms with van der Waals surface area (Å²) in [6.07, 6.45) is 2.44. The third-order valence-corrected chi connectivity index (χ3v) is 2.95. The van der Waals surface area contributed by atoms with Crippen LogP contribution in [0, 0.1) is 11.2 Å². The molecule has 16 heavy (non-hydrogen) atoms. The number of rotatable bonds is 3. The first kappa shape index (κ1) is 11.1. The van der Waals surface area contributed by atoms with Crippen LogP contribution in [0.1, 0.15) is 24.0 Å². The number of halogens is 1. The average molecular weight is 221 g/mol. The van der Waals surface area contributed by atoms with E-state index in [9.17, 15) is 4.39 Å². The molecule has 0 atom stereocenters. The molecule has 0 aromatic heterocycles. The molecular formula is C12H16FN3. The van der Waals surface area contributed by atoms with Gasteiger partial charge < -0.3 is 5.73 Å². The molecule has 1 fully saturated rings. The van der Waals surface area contributed by atoms with Gasteiger partial charge in [-0.3, -0.25) is 10.3 Å². The smallest absolute Gasteiger partial charge is 0.123 e. The number of hydrogen-bond acceptors (Lipinski definition) is 2. The van der Waals surface area contributed by atoms with E-state index in [1.54, 1.807) is 6.07 Å². The fraction of sp³-hybridized carbons (Fsp3) is 0.417. The first-order chi connectivity index (χ1) is 7.66. The maximum absolute atomic E-state index is 13.1. The van der Waals surface area contributed by atoms with Crippen LogP contribution >= 0.6 is 0 Å². The predicted molar refractivity (Wildman–Crippen MR) is 61.9 cm³/mol. The van der Waals surface area contributed by atoms with Gasteiger partial charge in [-0.25, -0.2) is 4.39 Å². The molecule has 1 aliphatic heterocycles. The van der Waals surface area contributed by atoms with E-state index in [0.717, 1.165) is 25.2 Å². The van der Waals surface area contributed by atoms with E-state index in [0.29, 0.717) is 5.56 Å². The summed E-state index contributed by atoms with van der Waals surface area (Å²) in [5.74, 6) is -0.399. The van der Waals surface area contributed by atoms with Gasteiger partial charge in [0.15, 0.2) is 0 Å². The van der Waals surface area contributed by atoms with Gasteiger partial charge in [0.25, 0.3) is 0 Å². The third kappa shape index (κ3) is 2.39. The summed E-state index contributed by atoms with van der Waals surface area (Å²) in [5, 5.41) is 7.44. The highest BCUT2D eigenvalue weighted by molar-refractivity contribution is 5.96. The zero-order chi connectivity index (χ0) is 11.5. The molecule has 0 bridgehead atoms. The Bertz CT molecular complexity index is 397. The lowest BCUT2D eigenvalue weighted by Crippen LogP contribution is -2.22. The molecule has 86 valence electrons. The van der Waals surface area contributed by atoms with Crippen molar-refractivity contribution in [2.75, 3.05) is 13.1 Å². The summed E-state index contributed by atoms with van der Waals surface area (Å²) in [7, 11) is 0. The molecule has 1 aliphatic rings. The topological polar surface area (TPSA) is 53.1 Å². The van der Waals surface area contributed by atoms with Gasteiger partial charge in [0.2, 0.25) is 0 Å². The van der Waals surface area contributed by atoms with Crippen molar-refractivity contribution < 1.29 is 4.39 Å². The van der Waals surface area contributed by atoms with E-state index >= 15 is 0 Å². The molecule has 0 spiro atoms. The number of nitrogens with two attached hydrogens (primary N) is 1. The van der Waals surface area contributed by atoms with Crippen LogP contribution in [0.4, 0.5) is 4.39 Å². The summed E-state index contributed by atoms with van der Waals surface area (Å²) in [4.78, 5) is 2.31.